The minimum atomic E-state index is 0.509. The Morgan fingerprint density at radius 3 is 2.71 bits per heavy atom. The van der Waals surface area contributed by atoms with E-state index in [-0.39, 0.29) is 0 Å². The van der Waals surface area contributed by atoms with Crippen molar-refractivity contribution in [3.05, 3.63) is 59.5 Å². The average Bonchev–Trinajstić information content (AvgIpc) is 2.91. The van der Waals surface area contributed by atoms with Gasteiger partial charge in [-0.05, 0) is 30.7 Å². The molecule has 0 bridgehead atoms. The maximum atomic E-state index is 5.88. The Morgan fingerprint density at radius 2 is 2.00 bits per heavy atom. The van der Waals surface area contributed by atoms with Gasteiger partial charge in [0.1, 0.15) is 11.6 Å². The summed E-state index contributed by atoms with van der Waals surface area (Å²) < 4.78 is 5.35. The normalized spacial score (nSPS) is 11.0. The summed E-state index contributed by atoms with van der Waals surface area (Å²) in [5.41, 5.74) is 9.15. The molecule has 0 aliphatic rings. The average molecular weight is 281 g/mol. The second kappa shape index (κ2) is 5.58. The van der Waals surface area contributed by atoms with Crippen molar-refractivity contribution >= 4 is 16.7 Å². The Balaban J connectivity index is 1.98. The number of pyridine rings is 1. The summed E-state index contributed by atoms with van der Waals surface area (Å²) in [6.45, 7) is 3.24. The van der Waals surface area contributed by atoms with E-state index < -0.39 is 0 Å². The summed E-state index contributed by atoms with van der Waals surface area (Å²) >= 11 is 0. The number of aromatic nitrogens is 1. The Morgan fingerprint density at radius 1 is 1.19 bits per heavy atom. The minimum absolute atomic E-state index is 0.509. The number of benzene rings is 1. The van der Waals surface area contributed by atoms with Crippen LogP contribution in [-0.4, -0.2) is 12.0 Å². The highest BCUT2D eigenvalue weighted by atomic mass is 16.3. The summed E-state index contributed by atoms with van der Waals surface area (Å²) in [6, 6.07) is 12.2. The van der Waals surface area contributed by atoms with Gasteiger partial charge < -0.3 is 15.1 Å². The summed E-state index contributed by atoms with van der Waals surface area (Å²) in [7, 11) is 2.03. The van der Waals surface area contributed by atoms with Crippen molar-refractivity contribution in [2.45, 2.75) is 20.0 Å². The molecular weight excluding hydrogens is 262 g/mol. The first-order valence-corrected chi connectivity index (χ1v) is 7.02. The van der Waals surface area contributed by atoms with Gasteiger partial charge in [0, 0.05) is 31.1 Å². The van der Waals surface area contributed by atoms with Gasteiger partial charge in [0.2, 0.25) is 0 Å². The molecule has 2 heterocycles. The van der Waals surface area contributed by atoms with Crippen molar-refractivity contribution in [3.8, 4) is 0 Å². The molecular formula is C17H19N3O. The molecule has 4 heteroatoms. The van der Waals surface area contributed by atoms with Crippen molar-refractivity contribution in [1.82, 2.24) is 4.98 Å². The van der Waals surface area contributed by atoms with E-state index >= 15 is 0 Å². The quantitative estimate of drug-likeness (QED) is 0.797. The Kier molecular flexibility index (Phi) is 3.62. The van der Waals surface area contributed by atoms with Crippen LogP contribution in [0.2, 0.25) is 0 Å². The molecule has 3 aromatic rings. The van der Waals surface area contributed by atoms with Gasteiger partial charge in [-0.15, -0.1) is 0 Å². The molecule has 0 fully saturated rings. The van der Waals surface area contributed by atoms with Crippen LogP contribution in [-0.2, 0) is 13.1 Å². The molecule has 0 radical (unpaired) electrons. The van der Waals surface area contributed by atoms with Gasteiger partial charge in [-0.25, -0.2) is 4.98 Å². The van der Waals surface area contributed by atoms with Gasteiger partial charge in [-0.2, -0.15) is 0 Å². The SMILES string of the molecule is Cc1occc1CN(C)c1cc(CN)c2ccccc2n1. The lowest BCUT2D eigenvalue weighted by atomic mass is 10.1. The molecule has 21 heavy (non-hydrogen) atoms. The fraction of sp³-hybridized carbons (Fsp3) is 0.235. The van der Waals surface area contributed by atoms with Crippen LogP contribution in [0.5, 0.6) is 0 Å². The highest BCUT2D eigenvalue weighted by Crippen LogP contribution is 2.23. The zero-order chi connectivity index (χ0) is 14.8. The molecule has 0 saturated carbocycles. The van der Waals surface area contributed by atoms with Gasteiger partial charge >= 0.3 is 0 Å². The van der Waals surface area contributed by atoms with E-state index in [0.717, 1.165) is 34.6 Å². The fourth-order valence-corrected chi connectivity index (χ4v) is 2.51. The topological polar surface area (TPSA) is 55.3 Å². The number of hydrogen-bond donors (Lipinski definition) is 1. The third-order valence-electron chi connectivity index (χ3n) is 3.77. The van der Waals surface area contributed by atoms with Crippen molar-refractivity contribution in [2.24, 2.45) is 5.73 Å². The Bertz CT molecular complexity index is 764. The number of para-hydroxylation sites is 1. The van der Waals surface area contributed by atoms with E-state index in [2.05, 4.69) is 17.0 Å². The molecule has 2 aromatic heterocycles. The predicted octanol–water partition coefficient (Wildman–Crippen LogP) is 3.23. The van der Waals surface area contributed by atoms with E-state index in [0.29, 0.717) is 6.54 Å². The first-order chi connectivity index (χ1) is 10.2. The van der Waals surface area contributed by atoms with E-state index in [1.807, 2.05) is 38.2 Å². The number of furan rings is 1. The van der Waals surface area contributed by atoms with Gasteiger partial charge in [0.05, 0.1) is 11.8 Å². The number of anilines is 1. The van der Waals surface area contributed by atoms with Crippen LogP contribution in [0, 0.1) is 6.92 Å². The zero-order valence-corrected chi connectivity index (χ0v) is 12.3. The molecule has 0 atom stereocenters. The number of nitrogens with zero attached hydrogens (tertiary/aromatic N) is 2. The lowest BCUT2D eigenvalue weighted by Gasteiger charge is -2.19. The Labute approximate surface area is 124 Å². The minimum Gasteiger partial charge on any atom is -0.469 e. The molecule has 0 unspecified atom stereocenters. The van der Waals surface area contributed by atoms with Crippen LogP contribution in [0.3, 0.4) is 0 Å². The summed E-state index contributed by atoms with van der Waals surface area (Å²) in [5.74, 6) is 1.87. The number of hydrogen-bond acceptors (Lipinski definition) is 4. The molecule has 0 saturated heterocycles. The molecule has 0 aliphatic carbocycles. The molecule has 0 spiro atoms. The summed E-state index contributed by atoms with van der Waals surface area (Å²) in [6.07, 6.45) is 1.72. The van der Waals surface area contributed by atoms with Crippen molar-refractivity contribution in [3.63, 3.8) is 0 Å². The van der Waals surface area contributed by atoms with Crippen molar-refractivity contribution < 1.29 is 4.42 Å². The number of aryl methyl sites for hydroxylation is 1. The van der Waals surface area contributed by atoms with Crippen LogP contribution < -0.4 is 10.6 Å². The molecule has 2 N–H and O–H groups in total. The second-order valence-electron chi connectivity index (χ2n) is 5.22. The molecule has 1 aromatic carbocycles. The third-order valence-corrected chi connectivity index (χ3v) is 3.77. The van der Waals surface area contributed by atoms with Gasteiger partial charge in [0.25, 0.3) is 0 Å². The predicted molar refractivity (Wildman–Crippen MR) is 85.2 cm³/mol. The summed E-state index contributed by atoms with van der Waals surface area (Å²) in [5, 5.41) is 1.12. The first kappa shape index (κ1) is 13.6. The van der Waals surface area contributed by atoms with E-state index in [1.165, 1.54) is 5.56 Å². The standard InChI is InChI=1S/C17H19N3O/c1-12-13(7-8-21-12)11-20(2)17-9-14(10-18)15-5-3-4-6-16(15)19-17/h3-9H,10-11,18H2,1-2H3. The van der Waals surface area contributed by atoms with Gasteiger partial charge in [0.15, 0.2) is 0 Å². The fourth-order valence-electron chi connectivity index (χ4n) is 2.51. The number of nitrogens with two attached hydrogens (primary N) is 1. The van der Waals surface area contributed by atoms with Crippen LogP contribution in [0.25, 0.3) is 10.9 Å². The molecule has 4 nitrogen and oxygen atoms in total. The Hall–Kier alpha value is -2.33. The van der Waals surface area contributed by atoms with E-state index in [1.54, 1.807) is 6.26 Å². The lowest BCUT2D eigenvalue weighted by Crippen LogP contribution is -2.18. The molecule has 108 valence electrons. The molecule has 0 amide bonds. The number of fused-ring (bicyclic) bond motifs is 1. The lowest BCUT2D eigenvalue weighted by molar-refractivity contribution is 0.529. The monoisotopic (exact) mass is 281 g/mol. The maximum Gasteiger partial charge on any atom is 0.129 e. The third kappa shape index (κ3) is 2.62. The number of rotatable bonds is 4. The van der Waals surface area contributed by atoms with Crippen LogP contribution in [0.1, 0.15) is 16.9 Å². The second-order valence-corrected chi connectivity index (χ2v) is 5.22. The van der Waals surface area contributed by atoms with Crippen LogP contribution in [0.4, 0.5) is 5.82 Å². The van der Waals surface area contributed by atoms with Crippen LogP contribution >= 0.6 is 0 Å². The molecule has 3 rings (SSSR count). The van der Waals surface area contributed by atoms with E-state index in [9.17, 15) is 0 Å². The van der Waals surface area contributed by atoms with Crippen molar-refractivity contribution in [2.75, 3.05) is 11.9 Å². The largest absolute Gasteiger partial charge is 0.469 e. The van der Waals surface area contributed by atoms with Crippen molar-refractivity contribution in [1.29, 1.82) is 0 Å². The van der Waals surface area contributed by atoms with Gasteiger partial charge in [-0.1, -0.05) is 18.2 Å². The van der Waals surface area contributed by atoms with E-state index in [4.69, 9.17) is 15.1 Å². The van der Waals surface area contributed by atoms with Gasteiger partial charge in [-0.3, -0.25) is 0 Å². The van der Waals surface area contributed by atoms with Crippen LogP contribution in [0.15, 0.2) is 47.1 Å². The first-order valence-electron chi connectivity index (χ1n) is 7.02. The highest BCUT2D eigenvalue weighted by molar-refractivity contribution is 5.84. The summed E-state index contributed by atoms with van der Waals surface area (Å²) in [4.78, 5) is 6.85. The highest BCUT2D eigenvalue weighted by Gasteiger charge is 2.10. The zero-order valence-electron chi connectivity index (χ0n) is 12.3. The maximum absolute atomic E-state index is 5.88. The molecule has 0 aliphatic heterocycles. The smallest absolute Gasteiger partial charge is 0.129 e.